The van der Waals surface area contributed by atoms with Crippen molar-refractivity contribution in [2.24, 2.45) is 10.4 Å². The molecule has 1 unspecified atom stereocenters. The van der Waals surface area contributed by atoms with Crippen molar-refractivity contribution in [2.75, 3.05) is 33.2 Å². The first-order valence-electron chi connectivity index (χ1n) is 9.46. The molecule has 1 atom stereocenters. The van der Waals surface area contributed by atoms with Crippen LogP contribution in [0, 0.1) is 5.41 Å². The summed E-state index contributed by atoms with van der Waals surface area (Å²) < 4.78 is 0. The van der Waals surface area contributed by atoms with Gasteiger partial charge in [-0.2, -0.15) is 0 Å². The summed E-state index contributed by atoms with van der Waals surface area (Å²) >= 11 is 0. The zero-order valence-electron chi connectivity index (χ0n) is 15.8. The number of hydrogen-bond donors (Lipinski definition) is 3. The predicted molar refractivity (Wildman–Crippen MR) is 120 cm³/mol. The number of nitrogens with zero attached hydrogens (tertiary/aromatic N) is 2. The van der Waals surface area contributed by atoms with Crippen LogP contribution in [-0.4, -0.2) is 55.0 Å². The van der Waals surface area contributed by atoms with Gasteiger partial charge in [0.05, 0.1) is 0 Å². The average molecular weight is 481 g/mol. The van der Waals surface area contributed by atoms with E-state index in [2.05, 4.69) is 56.0 Å². The Bertz CT molecular complexity index is 833. The van der Waals surface area contributed by atoms with Gasteiger partial charge < -0.3 is 20.5 Å². The minimum absolute atomic E-state index is 0. The third kappa shape index (κ3) is 4.23. The molecule has 146 valence electrons. The number of likely N-dealkylation sites (tertiary alicyclic amines) is 1. The summed E-state index contributed by atoms with van der Waals surface area (Å²) in [5.74, 6) is 1.14. The van der Waals surface area contributed by atoms with E-state index in [0.717, 1.165) is 51.4 Å². The van der Waals surface area contributed by atoms with E-state index in [0.29, 0.717) is 6.42 Å². The number of aromatic amines is 1. The van der Waals surface area contributed by atoms with Gasteiger partial charge >= 0.3 is 0 Å². The van der Waals surface area contributed by atoms with Crippen LogP contribution in [0.3, 0.4) is 0 Å². The molecule has 3 N–H and O–H groups in total. The second kappa shape index (κ2) is 8.50. The lowest BCUT2D eigenvalue weighted by molar-refractivity contribution is -0.119. The highest BCUT2D eigenvalue weighted by molar-refractivity contribution is 14.0. The van der Waals surface area contributed by atoms with Crippen molar-refractivity contribution in [3.8, 4) is 0 Å². The lowest BCUT2D eigenvalue weighted by Crippen LogP contribution is -2.51. The summed E-state index contributed by atoms with van der Waals surface area (Å²) in [4.78, 5) is 21.8. The maximum Gasteiger partial charge on any atom is 0.220 e. The van der Waals surface area contributed by atoms with Crippen molar-refractivity contribution in [3.63, 3.8) is 0 Å². The van der Waals surface area contributed by atoms with Gasteiger partial charge in [0.15, 0.2) is 5.96 Å². The number of H-pyrrole nitrogens is 1. The Morgan fingerprint density at radius 1 is 1.37 bits per heavy atom. The number of nitrogens with one attached hydrogen (secondary N) is 3. The number of halogens is 1. The fraction of sp³-hybridized carbons (Fsp3) is 0.500. The van der Waals surface area contributed by atoms with Crippen molar-refractivity contribution >= 4 is 46.7 Å². The SMILES string of the molecule is CN=C(NCCc1c[nH]c2ccccc12)N1CCCC2(CNC(=O)C2)C1.I. The number of carbonyl (C=O) groups is 1. The number of guanidine groups is 1. The van der Waals surface area contributed by atoms with Crippen molar-refractivity contribution in [2.45, 2.75) is 25.7 Å². The van der Waals surface area contributed by atoms with Crippen molar-refractivity contribution in [1.82, 2.24) is 20.5 Å². The smallest absolute Gasteiger partial charge is 0.220 e. The second-order valence-electron chi connectivity index (χ2n) is 7.56. The van der Waals surface area contributed by atoms with Crippen molar-refractivity contribution in [1.29, 1.82) is 0 Å². The lowest BCUT2D eigenvalue weighted by atomic mass is 9.79. The molecule has 2 saturated heterocycles. The van der Waals surface area contributed by atoms with E-state index in [1.165, 1.54) is 16.5 Å². The number of aliphatic imine (C=N–C) groups is 1. The zero-order valence-corrected chi connectivity index (χ0v) is 18.1. The molecule has 7 heteroatoms. The molecule has 1 aromatic carbocycles. The summed E-state index contributed by atoms with van der Waals surface area (Å²) in [6, 6.07) is 8.40. The first kappa shape index (κ1) is 20.0. The van der Waals surface area contributed by atoms with Crippen molar-refractivity contribution < 1.29 is 4.79 Å². The highest BCUT2D eigenvalue weighted by atomic mass is 127. The third-order valence-corrected chi connectivity index (χ3v) is 5.72. The number of piperidine rings is 1. The molecule has 2 fully saturated rings. The van der Waals surface area contributed by atoms with Crippen LogP contribution < -0.4 is 10.6 Å². The molecule has 0 radical (unpaired) electrons. The van der Waals surface area contributed by atoms with Gasteiger partial charge in [-0.05, 0) is 30.9 Å². The number of para-hydroxylation sites is 1. The lowest BCUT2D eigenvalue weighted by Gasteiger charge is -2.40. The number of hydrogen-bond acceptors (Lipinski definition) is 2. The predicted octanol–water partition coefficient (Wildman–Crippen LogP) is 2.51. The van der Waals surface area contributed by atoms with E-state index in [-0.39, 0.29) is 35.3 Å². The highest BCUT2D eigenvalue weighted by Gasteiger charge is 2.42. The number of aromatic nitrogens is 1. The third-order valence-electron chi connectivity index (χ3n) is 5.72. The quantitative estimate of drug-likeness (QED) is 0.359. The molecule has 1 spiro atoms. The monoisotopic (exact) mass is 481 g/mol. The molecule has 6 nitrogen and oxygen atoms in total. The first-order chi connectivity index (χ1) is 12.7. The van der Waals surface area contributed by atoms with E-state index in [4.69, 9.17) is 0 Å². The summed E-state index contributed by atoms with van der Waals surface area (Å²) in [6.07, 6.45) is 5.92. The Balaban J connectivity index is 0.00000210. The molecule has 1 aromatic heterocycles. The molecule has 2 aliphatic rings. The standard InChI is InChI=1S/C20H27N5O.HI/c1-21-19(25-10-4-8-20(14-25)11-18(26)24-13-20)22-9-7-15-12-23-17-6-3-2-5-16(15)17;/h2-3,5-6,12,23H,4,7-11,13-14H2,1H3,(H,21,22)(H,24,26);1H. The number of carbonyl (C=O) groups excluding carboxylic acids is 1. The van der Waals surface area contributed by atoms with Crippen LogP contribution in [0.4, 0.5) is 0 Å². The van der Waals surface area contributed by atoms with Gasteiger partial charge in [0.1, 0.15) is 0 Å². The Labute approximate surface area is 177 Å². The molecule has 2 aromatic rings. The van der Waals surface area contributed by atoms with Crippen LogP contribution in [0.5, 0.6) is 0 Å². The summed E-state index contributed by atoms with van der Waals surface area (Å²) in [7, 11) is 1.84. The zero-order chi connectivity index (χ0) is 18.0. The van der Waals surface area contributed by atoms with Crippen LogP contribution in [0.15, 0.2) is 35.5 Å². The van der Waals surface area contributed by atoms with Crippen LogP contribution >= 0.6 is 24.0 Å². The van der Waals surface area contributed by atoms with Gasteiger partial charge in [0.2, 0.25) is 5.91 Å². The van der Waals surface area contributed by atoms with E-state index >= 15 is 0 Å². The second-order valence-corrected chi connectivity index (χ2v) is 7.56. The van der Waals surface area contributed by atoms with Crippen LogP contribution in [0.1, 0.15) is 24.8 Å². The number of amides is 1. The van der Waals surface area contributed by atoms with E-state index < -0.39 is 0 Å². The van der Waals surface area contributed by atoms with Crippen LogP contribution in [0.2, 0.25) is 0 Å². The molecule has 0 bridgehead atoms. The molecular formula is C20H28IN5O. The Kier molecular flexibility index (Phi) is 6.29. The summed E-state index contributed by atoms with van der Waals surface area (Å²) in [5, 5.41) is 7.81. The number of fused-ring (bicyclic) bond motifs is 1. The van der Waals surface area contributed by atoms with Gasteiger partial charge in [0, 0.05) is 62.2 Å². The summed E-state index contributed by atoms with van der Waals surface area (Å²) in [5.41, 5.74) is 2.59. The minimum atomic E-state index is 0. The van der Waals surface area contributed by atoms with Gasteiger partial charge in [-0.15, -0.1) is 24.0 Å². The molecule has 2 aliphatic heterocycles. The molecule has 0 saturated carbocycles. The van der Waals surface area contributed by atoms with E-state index in [1.807, 2.05) is 7.05 Å². The first-order valence-corrected chi connectivity index (χ1v) is 9.46. The van der Waals surface area contributed by atoms with E-state index in [1.54, 1.807) is 0 Å². The highest BCUT2D eigenvalue weighted by Crippen LogP contribution is 2.35. The fourth-order valence-electron chi connectivity index (χ4n) is 4.41. The average Bonchev–Trinajstić information content (AvgIpc) is 3.22. The number of benzene rings is 1. The molecular weight excluding hydrogens is 453 g/mol. The fourth-order valence-corrected chi connectivity index (χ4v) is 4.41. The minimum Gasteiger partial charge on any atom is -0.361 e. The normalized spacial score (nSPS) is 22.8. The largest absolute Gasteiger partial charge is 0.361 e. The van der Waals surface area contributed by atoms with E-state index in [9.17, 15) is 4.79 Å². The molecule has 3 heterocycles. The Morgan fingerprint density at radius 3 is 3.00 bits per heavy atom. The van der Waals surface area contributed by atoms with Gasteiger partial charge in [-0.1, -0.05) is 18.2 Å². The Hall–Kier alpha value is -1.77. The maximum absolute atomic E-state index is 11.7. The van der Waals surface area contributed by atoms with Gasteiger partial charge in [0.25, 0.3) is 0 Å². The topological polar surface area (TPSA) is 72.5 Å². The summed E-state index contributed by atoms with van der Waals surface area (Å²) in [6.45, 7) is 3.55. The number of rotatable bonds is 3. The van der Waals surface area contributed by atoms with Gasteiger partial charge in [-0.25, -0.2) is 0 Å². The Morgan fingerprint density at radius 2 is 2.22 bits per heavy atom. The van der Waals surface area contributed by atoms with Crippen LogP contribution in [-0.2, 0) is 11.2 Å². The van der Waals surface area contributed by atoms with Crippen molar-refractivity contribution in [3.05, 3.63) is 36.0 Å². The molecule has 4 rings (SSSR count). The molecule has 1 amide bonds. The maximum atomic E-state index is 11.7. The van der Waals surface area contributed by atoms with Crippen LogP contribution in [0.25, 0.3) is 10.9 Å². The van der Waals surface area contributed by atoms with Gasteiger partial charge in [-0.3, -0.25) is 9.79 Å². The molecule has 0 aliphatic carbocycles. The molecule has 27 heavy (non-hydrogen) atoms.